The maximum atomic E-state index is 6.25. The number of nitrogens with zero attached hydrogens (tertiary/aromatic N) is 7. The maximum absolute atomic E-state index is 6.25. The Morgan fingerprint density at radius 1 is 0.810 bits per heavy atom. The van der Waals surface area contributed by atoms with Gasteiger partial charge in [0.05, 0.1) is 23.9 Å². The molecule has 0 bridgehead atoms. The third kappa shape index (κ3) is 38.2. The molecule has 42 heavy (non-hydrogen) atoms. The van der Waals surface area contributed by atoms with E-state index in [0.717, 1.165) is 38.9 Å². The average molecular weight is 746 g/mol. The number of aromatic nitrogens is 1. The van der Waals surface area contributed by atoms with Gasteiger partial charge in [0.1, 0.15) is 17.0 Å². The molecule has 0 atom stereocenters. The first-order valence-electron chi connectivity index (χ1n) is 9.90. The molecule has 0 aliphatic heterocycles. The molecule has 1 aromatic heterocycles. The van der Waals surface area contributed by atoms with Crippen LogP contribution in [0.15, 0.2) is 42.5 Å². The Balaban J connectivity index is -0.0000000347. The second kappa shape index (κ2) is 61.9. The molecule has 3 aromatic rings. The number of hydrogen-bond acceptors (Lipinski definition) is 12. The molecule has 17 heteroatoms. The summed E-state index contributed by atoms with van der Waals surface area (Å²) >= 11 is 9.22. The number of rotatable bonds is 4. The van der Waals surface area contributed by atoms with Crippen molar-refractivity contribution in [2.45, 2.75) is 20.3 Å². The van der Waals surface area contributed by atoms with E-state index in [-0.39, 0.29) is 127 Å². The van der Waals surface area contributed by atoms with E-state index in [2.05, 4.69) is 11.1 Å². The van der Waals surface area contributed by atoms with Crippen molar-refractivity contribution in [3.63, 3.8) is 0 Å². The van der Waals surface area contributed by atoms with E-state index in [1.54, 1.807) is 25.6 Å². The van der Waals surface area contributed by atoms with Crippen molar-refractivity contribution < 1.29 is 136 Å². The quantitative estimate of drug-likeness (QED) is 0.180. The van der Waals surface area contributed by atoms with Crippen LogP contribution in [0.4, 0.5) is 0 Å². The predicted octanol–water partition coefficient (Wildman–Crippen LogP) is -1.00. The first kappa shape index (κ1) is 70.4. The molecule has 200 valence electrons. The van der Waals surface area contributed by atoms with Crippen molar-refractivity contribution >= 4 is 102 Å². The van der Waals surface area contributed by atoms with Gasteiger partial charge in [0.15, 0.2) is 0 Å². The van der Waals surface area contributed by atoms with E-state index in [4.69, 9.17) is 92.7 Å². The molecule has 3 rings (SSSR count). The third-order valence-corrected chi connectivity index (χ3v) is 4.42. The molecule has 0 unspecified atom stereocenters. The Kier molecular flexibility index (Phi) is 104. The number of fused-ring (bicyclic) bond motifs is 1. The molecule has 0 saturated carbocycles. The smallest absolute Gasteiger partial charge is 0.870 e. The second-order valence-corrected chi connectivity index (χ2v) is 7.16. The second-order valence-electron chi connectivity index (χ2n) is 5.23. The van der Waals surface area contributed by atoms with Gasteiger partial charge in [-0.15, -0.1) is 11.3 Å². The summed E-state index contributed by atoms with van der Waals surface area (Å²) in [5.74, 6) is 1.78. The number of para-hydroxylation sites is 2. The molecule has 1 N–H and O–H groups in total. The Morgan fingerprint density at radius 3 is 1.57 bits per heavy atom. The van der Waals surface area contributed by atoms with Gasteiger partial charge in [0.25, 0.3) is 0 Å². The number of methoxy groups -OCH3 is 2. The van der Waals surface area contributed by atoms with E-state index in [0.29, 0.717) is 0 Å². The van der Waals surface area contributed by atoms with Crippen LogP contribution in [0.25, 0.3) is 10.2 Å². The summed E-state index contributed by atoms with van der Waals surface area (Å²) in [7, 11) is 3.35. The molecular weight excluding hydrogens is 723 g/mol. The summed E-state index contributed by atoms with van der Waals surface area (Å²) in [5.41, 5.74) is 2.13. The van der Waals surface area contributed by atoms with Crippen molar-refractivity contribution in [2.24, 2.45) is 0 Å². The number of thiocarbonyl (C=S) groups is 1. The standard InChI is InChI=1S/C10H12OS.C9H9NOS.6CN.Fe.4K.H2O.H/c1-8(12)7-9-5-3-4-6-10(9)11-2;1-6-10-9-7(11-2)4-3-5-8(9)12-6;6*1-2;;;;;;;/h3-6H,7H2,1-2H3;3-5H,1-2H3;;;;;;;;;;;;1H2;/q;;6*-1;+6;;;2*+1;;-1/p-1. The van der Waals surface area contributed by atoms with Gasteiger partial charge in [-0.3, -0.25) is 0 Å². The molecule has 1 heterocycles. The minimum atomic E-state index is 0. The molecule has 0 aliphatic rings. The average Bonchev–Trinajstić information content (AvgIpc) is 3.41. The summed E-state index contributed by atoms with van der Waals surface area (Å²) in [6.45, 7) is 32.5. The first-order valence-corrected chi connectivity index (χ1v) is 27.1. The maximum Gasteiger partial charge on any atom is -0.870 e. The van der Waals surface area contributed by atoms with Crippen LogP contribution in [0.5, 0.6) is 11.5 Å². The first-order chi connectivity index (χ1) is 18.5. The molecule has 0 spiro atoms. The Bertz CT molecular complexity index is 1090. The van der Waals surface area contributed by atoms with Crippen LogP contribution in [0.1, 0.15) is 18.9 Å². The fourth-order valence-electron chi connectivity index (χ4n) is 2.32. The molecule has 0 aliphatic carbocycles. The molecular formula is C25H23FeK4N7O3S2. The van der Waals surface area contributed by atoms with E-state index in [1.165, 1.54) is 67.9 Å². The zero-order valence-corrected chi connectivity index (χ0v) is 40.0. The van der Waals surface area contributed by atoms with Crippen LogP contribution < -0.4 is 112 Å². The third-order valence-electron chi connectivity index (χ3n) is 3.34. The van der Waals surface area contributed by atoms with Crippen molar-refractivity contribution in [3.8, 4) is 11.5 Å². The monoisotopic (exact) mass is 745 g/mol. The summed E-state index contributed by atoms with van der Waals surface area (Å²) in [5, 5.41) is 38.6. The van der Waals surface area contributed by atoms with Crippen LogP contribution >= 0.6 is 23.6 Å². The number of hydrogen-bond donors (Lipinski definition) is 0. The van der Waals surface area contributed by atoms with Gasteiger partial charge >= 0.3 is 183 Å². The minimum absolute atomic E-state index is 0. The SMILES string of the molecule is COc1cccc2sc(C)nc12.COc1ccccc1CC(C)=S.[C-]#N.[C-]#N.[C-]#N.[C-]#N.[C-]#N.[C-]#N.[Fe+6].[H-].[K+].[K+].[K][K].[OH-]. The molecule has 0 amide bonds. The Labute approximate surface area is 402 Å². The fourth-order valence-corrected chi connectivity index (χ4v) is 3.32. The molecule has 0 saturated heterocycles. The predicted molar refractivity (Wildman–Crippen MR) is 150 cm³/mol. The molecule has 0 fully saturated rings. The van der Waals surface area contributed by atoms with Crippen molar-refractivity contribution in [3.05, 3.63) is 92.5 Å². The van der Waals surface area contributed by atoms with Gasteiger partial charge < -0.3 is 87.4 Å². The topological polar surface area (TPSA) is 204 Å². The zero-order valence-electron chi connectivity index (χ0n) is 25.8. The Morgan fingerprint density at radius 2 is 1.19 bits per heavy atom. The van der Waals surface area contributed by atoms with Crippen molar-refractivity contribution in [1.29, 1.82) is 31.6 Å². The van der Waals surface area contributed by atoms with E-state index in [9.17, 15) is 0 Å². The van der Waals surface area contributed by atoms with Gasteiger partial charge in [-0.05, 0) is 42.5 Å². The van der Waals surface area contributed by atoms with Gasteiger partial charge in [0.2, 0.25) is 0 Å². The van der Waals surface area contributed by atoms with E-state index in [1.807, 2.05) is 50.2 Å². The Hall–Kier alpha value is 1.98. The van der Waals surface area contributed by atoms with E-state index >= 15 is 0 Å². The van der Waals surface area contributed by atoms with Gasteiger partial charge in [0, 0.05) is 6.42 Å². The number of ether oxygens (including phenoxy) is 2. The van der Waals surface area contributed by atoms with Crippen LogP contribution in [0.3, 0.4) is 0 Å². The van der Waals surface area contributed by atoms with Crippen LogP contribution in [-0.4, -0.2) is 92.7 Å². The molecule has 10 nitrogen and oxygen atoms in total. The normalized spacial score (nSPS) is 6.19. The van der Waals surface area contributed by atoms with Crippen molar-refractivity contribution in [2.75, 3.05) is 14.2 Å². The van der Waals surface area contributed by atoms with Gasteiger partial charge in [-0.1, -0.05) is 36.5 Å². The van der Waals surface area contributed by atoms with E-state index < -0.39 is 0 Å². The summed E-state index contributed by atoms with van der Waals surface area (Å²) in [6, 6.07) is 13.9. The van der Waals surface area contributed by atoms with Crippen LogP contribution in [0, 0.1) is 77.9 Å². The number of thiazole rings is 1. The largest absolute Gasteiger partial charge is 0.870 e. The summed E-state index contributed by atoms with van der Waals surface area (Å²) in [4.78, 5) is 5.36. The molecule has 2 aromatic carbocycles. The van der Waals surface area contributed by atoms with Crippen LogP contribution in [0.2, 0.25) is 0 Å². The zero-order chi connectivity index (χ0) is 31.5. The molecule has 0 radical (unpaired) electrons. The van der Waals surface area contributed by atoms with Gasteiger partial charge in [-0.2, -0.15) is 0 Å². The summed E-state index contributed by atoms with van der Waals surface area (Å²) in [6.07, 6.45) is 0.819. The van der Waals surface area contributed by atoms with Crippen molar-refractivity contribution in [1.82, 2.24) is 4.98 Å². The minimum Gasteiger partial charge on any atom is -0.870 e. The summed E-state index contributed by atoms with van der Waals surface area (Å²) < 4.78 is 11.6. The number of aryl methyl sites for hydroxylation is 1. The fraction of sp³-hybridized carbons (Fsp3) is 0.200. The van der Waals surface area contributed by atoms with Crippen LogP contribution in [-0.2, 0) is 23.5 Å². The van der Waals surface area contributed by atoms with Gasteiger partial charge in [-0.25, -0.2) is 4.98 Å². The number of benzene rings is 2.